The van der Waals surface area contributed by atoms with E-state index in [-0.39, 0.29) is 0 Å². The molecule has 1 N–H and O–H groups in total. The van der Waals surface area contributed by atoms with Crippen molar-refractivity contribution in [1.82, 2.24) is 4.90 Å². The summed E-state index contributed by atoms with van der Waals surface area (Å²) < 4.78 is 60.1. The minimum atomic E-state index is -5.30. The molecule has 2 rings (SSSR count). The molecule has 130 valence electrons. The van der Waals surface area contributed by atoms with Crippen molar-refractivity contribution < 1.29 is 26.7 Å². The molecule has 0 radical (unpaired) electrons. The van der Waals surface area contributed by atoms with Gasteiger partial charge in [-0.05, 0) is 31.2 Å². The maximum Gasteiger partial charge on any atom is 0.501 e. The average Bonchev–Trinajstić information content (AvgIpc) is 2.46. The fourth-order valence-corrected chi connectivity index (χ4v) is 3.29. The van der Waals surface area contributed by atoms with Crippen LogP contribution in [0.4, 0.5) is 18.9 Å². The number of benzene rings is 1. The van der Waals surface area contributed by atoms with Crippen molar-refractivity contribution >= 4 is 15.5 Å². The normalized spacial score (nSPS) is 18.9. The smallest absolute Gasteiger partial charge is 0.392 e. The van der Waals surface area contributed by atoms with Crippen LogP contribution in [0.15, 0.2) is 29.2 Å². The zero-order chi connectivity index (χ0) is 17.3. The van der Waals surface area contributed by atoms with Gasteiger partial charge in [-0.2, -0.15) is 13.2 Å². The van der Waals surface area contributed by atoms with Crippen molar-refractivity contribution in [2.45, 2.75) is 23.4 Å². The maximum atomic E-state index is 12.5. The Morgan fingerprint density at radius 3 is 2.09 bits per heavy atom. The van der Waals surface area contributed by atoms with E-state index in [0.29, 0.717) is 25.3 Å². The van der Waals surface area contributed by atoms with Crippen LogP contribution < -0.4 is 4.90 Å². The van der Waals surface area contributed by atoms with E-state index in [2.05, 4.69) is 4.90 Å². The molecular formula is C14H19F3N2O3S. The van der Waals surface area contributed by atoms with E-state index in [1.54, 1.807) is 6.92 Å². The first-order valence-electron chi connectivity index (χ1n) is 7.18. The monoisotopic (exact) mass is 352 g/mol. The van der Waals surface area contributed by atoms with Gasteiger partial charge < -0.3 is 10.0 Å². The van der Waals surface area contributed by atoms with Gasteiger partial charge in [0.2, 0.25) is 0 Å². The highest BCUT2D eigenvalue weighted by Gasteiger charge is 2.46. The second-order valence-corrected chi connectivity index (χ2v) is 7.52. The number of aliphatic hydroxyl groups is 1. The number of halogens is 3. The van der Waals surface area contributed by atoms with Crippen molar-refractivity contribution in [1.29, 1.82) is 0 Å². The molecule has 1 aliphatic rings. The second kappa shape index (κ2) is 6.66. The highest BCUT2D eigenvalue weighted by atomic mass is 32.2. The van der Waals surface area contributed by atoms with Crippen LogP contribution in [0.5, 0.6) is 0 Å². The van der Waals surface area contributed by atoms with Gasteiger partial charge in [0.1, 0.15) is 0 Å². The molecule has 23 heavy (non-hydrogen) atoms. The van der Waals surface area contributed by atoms with Crippen LogP contribution in [-0.2, 0) is 9.84 Å². The van der Waals surface area contributed by atoms with E-state index < -0.39 is 26.3 Å². The third kappa shape index (κ3) is 4.15. The Balaban J connectivity index is 2.04. The first-order valence-corrected chi connectivity index (χ1v) is 8.66. The van der Waals surface area contributed by atoms with Gasteiger partial charge in [-0.3, -0.25) is 4.90 Å². The Morgan fingerprint density at radius 2 is 1.65 bits per heavy atom. The SMILES string of the molecule is C[C@@H](O)CN1CCN(c2ccc(S(=O)(=O)C(F)(F)F)cc2)CC1. The Labute approximate surface area is 133 Å². The fraction of sp³-hybridized carbons (Fsp3) is 0.571. The van der Waals surface area contributed by atoms with Gasteiger partial charge in [0, 0.05) is 38.4 Å². The molecule has 1 saturated heterocycles. The standard InChI is InChI=1S/C14H19F3N2O3S/c1-11(20)10-18-6-8-19(9-7-18)12-2-4-13(5-3-12)23(21,22)14(15,16)17/h2-5,11,20H,6-10H2,1H3/t11-/m1/s1. The van der Waals surface area contributed by atoms with Crippen molar-refractivity contribution in [2.24, 2.45) is 0 Å². The lowest BCUT2D eigenvalue weighted by Crippen LogP contribution is -2.48. The van der Waals surface area contributed by atoms with Crippen LogP contribution in [0.1, 0.15) is 6.92 Å². The summed E-state index contributed by atoms with van der Waals surface area (Å²) in [5.41, 5.74) is -4.61. The number of β-amino-alcohol motifs (C(OH)–C–C–N with tert-alkyl or cyclic N) is 1. The van der Waals surface area contributed by atoms with Crippen LogP contribution in [0, 0.1) is 0 Å². The van der Waals surface area contributed by atoms with E-state index >= 15 is 0 Å². The molecule has 0 spiro atoms. The van der Waals surface area contributed by atoms with Gasteiger partial charge in [0.15, 0.2) is 0 Å². The lowest BCUT2D eigenvalue weighted by molar-refractivity contribution is -0.0436. The molecule has 0 amide bonds. The van der Waals surface area contributed by atoms with Gasteiger partial charge in [0.25, 0.3) is 9.84 Å². The maximum absolute atomic E-state index is 12.5. The van der Waals surface area contributed by atoms with Crippen LogP contribution >= 0.6 is 0 Å². The predicted molar refractivity (Wildman–Crippen MR) is 80.0 cm³/mol. The Kier molecular flexibility index (Phi) is 5.22. The number of aliphatic hydroxyl groups excluding tert-OH is 1. The van der Waals surface area contributed by atoms with Gasteiger partial charge in [0.05, 0.1) is 11.0 Å². The molecule has 0 unspecified atom stereocenters. The van der Waals surface area contributed by atoms with Crippen molar-refractivity contribution in [2.75, 3.05) is 37.6 Å². The van der Waals surface area contributed by atoms with Crippen molar-refractivity contribution in [3.05, 3.63) is 24.3 Å². The summed E-state index contributed by atoms with van der Waals surface area (Å²) in [4.78, 5) is 3.33. The minimum Gasteiger partial charge on any atom is -0.392 e. The molecular weight excluding hydrogens is 333 g/mol. The van der Waals surface area contributed by atoms with Gasteiger partial charge in [-0.15, -0.1) is 0 Å². The fourth-order valence-electron chi connectivity index (χ4n) is 2.53. The van der Waals surface area contributed by atoms with Gasteiger partial charge >= 0.3 is 5.51 Å². The van der Waals surface area contributed by atoms with Crippen LogP contribution in [0.2, 0.25) is 0 Å². The largest absolute Gasteiger partial charge is 0.501 e. The molecule has 1 aromatic rings. The number of alkyl halides is 3. The number of sulfone groups is 1. The van der Waals surface area contributed by atoms with Crippen molar-refractivity contribution in [3.8, 4) is 0 Å². The predicted octanol–water partition coefficient (Wildman–Crippen LogP) is 1.48. The summed E-state index contributed by atoms with van der Waals surface area (Å²) in [5, 5.41) is 9.36. The van der Waals surface area contributed by atoms with Crippen LogP contribution in [-0.4, -0.2) is 62.8 Å². The number of rotatable bonds is 4. The molecule has 0 aliphatic carbocycles. The van der Waals surface area contributed by atoms with E-state index in [4.69, 9.17) is 0 Å². The summed E-state index contributed by atoms with van der Waals surface area (Å²) >= 11 is 0. The molecule has 0 bridgehead atoms. The first-order chi connectivity index (χ1) is 10.6. The first kappa shape index (κ1) is 18.0. The van der Waals surface area contributed by atoms with Gasteiger partial charge in [-0.1, -0.05) is 0 Å². The summed E-state index contributed by atoms with van der Waals surface area (Å²) in [6.07, 6.45) is -0.409. The quantitative estimate of drug-likeness (QED) is 0.890. The number of hydrogen-bond acceptors (Lipinski definition) is 5. The molecule has 1 aromatic carbocycles. The number of hydrogen-bond donors (Lipinski definition) is 1. The molecule has 9 heteroatoms. The molecule has 1 aliphatic heterocycles. The lowest BCUT2D eigenvalue weighted by atomic mass is 10.2. The zero-order valence-electron chi connectivity index (χ0n) is 12.6. The Hall–Kier alpha value is -1.32. The van der Waals surface area contributed by atoms with Crippen molar-refractivity contribution in [3.63, 3.8) is 0 Å². The molecule has 0 aromatic heterocycles. The van der Waals surface area contributed by atoms with Crippen LogP contribution in [0.25, 0.3) is 0 Å². The Morgan fingerprint density at radius 1 is 1.13 bits per heavy atom. The topological polar surface area (TPSA) is 60.9 Å². The number of anilines is 1. The lowest BCUT2D eigenvalue weighted by Gasteiger charge is -2.36. The number of nitrogens with zero attached hydrogens (tertiary/aromatic N) is 2. The van der Waals surface area contributed by atoms with E-state index in [9.17, 15) is 26.7 Å². The molecule has 0 saturated carbocycles. The summed E-state index contributed by atoms with van der Waals surface area (Å²) in [5.74, 6) is 0. The highest BCUT2D eigenvalue weighted by Crippen LogP contribution is 2.31. The molecule has 1 fully saturated rings. The van der Waals surface area contributed by atoms with Gasteiger partial charge in [-0.25, -0.2) is 8.42 Å². The van der Waals surface area contributed by atoms with E-state index in [1.807, 2.05) is 4.90 Å². The molecule has 1 atom stereocenters. The summed E-state index contributed by atoms with van der Waals surface area (Å²) in [6.45, 7) is 5.08. The molecule has 5 nitrogen and oxygen atoms in total. The summed E-state index contributed by atoms with van der Waals surface area (Å²) in [7, 11) is -5.30. The van der Waals surface area contributed by atoms with E-state index in [0.717, 1.165) is 25.2 Å². The second-order valence-electron chi connectivity index (χ2n) is 5.58. The summed E-state index contributed by atoms with van der Waals surface area (Å²) in [6, 6.07) is 4.76. The average molecular weight is 352 g/mol. The van der Waals surface area contributed by atoms with E-state index in [1.165, 1.54) is 12.1 Å². The molecule has 1 heterocycles. The zero-order valence-corrected chi connectivity index (χ0v) is 13.4. The Bertz CT molecular complexity index is 622. The minimum absolute atomic E-state index is 0.409. The third-order valence-corrected chi connectivity index (χ3v) is 5.21. The van der Waals surface area contributed by atoms with Crippen LogP contribution in [0.3, 0.4) is 0 Å². The third-order valence-electron chi connectivity index (χ3n) is 3.71. The number of piperazine rings is 1. The highest BCUT2D eigenvalue weighted by molar-refractivity contribution is 7.92.